The largest absolute Gasteiger partial charge is 0.483 e. The quantitative estimate of drug-likeness (QED) is 0.666. The van der Waals surface area contributed by atoms with Gasteiger partial charge < -0.3 is 4.74 Å². The van der Waals surface area contributed by atoms with Gasteiger partial charge in [0, 0.05) is 17.0 Å². The molecule has 0 N–H and O–H groups in total. The molecule has 1 amide bonds. The highest BCUT2D eigenvalue weighted by atomic mass is 35.5. The van der Waals surface area contributed by atoms with E-state index in [1.807, 2.05) is 6.92 Å². The summed E-state index contributed by atoms with van der Waals surface area (Å²) >= 11 is 7.73. The van der Waals surface area contributed by atoms with Crippen LogP contribution in [0.15, 0.2) is 47.2 Å². The van der Waals surface area contributed by atoms with E-state index >= 15 is 0 Å². The zero-order valence-corrected chi connectivity index (χ0v) is 17.1. The van der Waals surface area contributed by atoms with Crippen LogP contribution in [0, 0.1) is 17.7 Å². The molecule has 1 aromatic heterocycles. The predicted octanol–water partition coefficient (Wildman–Crippen LogP) is 4.25. The van der Waals surface area contributed by atoms with Gasteiger partial charge in [0.05, 0.1) is 17.5 Å². The van der Waals surface area contributed by atoms with Crippen LogP contribution < -0.4 is 4.90 Å². The number of anilines is 1. The Morgan fingerprint density at radius 1 is 1.31 bits per heavy atom. The molecule has 150 valence electrons. The zero-order valence-electron chi connectivity index (χ0n) is 15.5. The zero-order chi connectivity index (χ0) is 20.3. The second kappa shape index (κ2) is 6.92. The van der Waals surface area contributed by atoms with Crippen LogP contribution in [0.2, 0.25) is 0 Å². The number of hydrogen-bond acceptors (Lipinski definition) is 5. The Morgan fingerprint density at radius 3 is 2.86 bits per heavy atom. The standard InChI is InChI=1S/C21H18ClFN2O3S/c1-10-7-15-13(9-14(10)22)18(26)16-17(11-3-2-4-12(23)8-11)25(20(27)19(16)28-15)21-24-5-6-29-21/h2-6,8,10,13-15,17H,7,9H2,1H3. The van der Waals surface area contributed by atoms with Crippen molar-refractivity contribution in [3.8, 4) is 0 Å². The van der Waals surface area contributed by atoms with Crippen molar-refractivity contribution in [1.29, 1.82) is 0 Å². The third-order valence-electron chi connectivity index (χ3n) is 6.00. The number of ether oxygens (including phenoxy) is 1. The maximum Gasteiger partial charge on any atom is 0.296 e. The summed E-state index contributed by atoms with van der Waals surface area (Å²) in [5.74, 6) is -1.10. The van der Waals surface area contributed by atoms with E-state index in [1.54, 1.807) is 23.7 Å². The van der Waals surface area contributed by atoms with Crippen LogP contribution in [0.5, 0.6) is 0 Å². The maximum absolute atomic E-state index is 14.0. The summed E-state index contributed by atoms with van der Waals surface area (Å²) in [5.41, 5.74) is 0.802. The lowest BCUT2D eigenvalue weighted by Crippen LogP contribution is -2.44. The van der Waals surface area contributed by atoms with Gasteiger partial charge in [-0.15, -0.1) is 22.9 Å². The van der Waals surface area contributed by atoms with Gasteiger partial charge in [-0.2, -0.15) is 0 Å². The second-order valence-corrected chi connectivity index (χ2v) is 9.22. The normalized spacial score (nSPS) is 31.6. The number of ketones is 1. The fraction of sp³-hybridized carbons (Fsp3) is 0.381. The summed E-state index contributed by atoms with van der Waals surface area (Å²) in [6, 6.07) is 5.20. The number of hydrogen-bond donors (Lipinski definition) is 0. The molecule has 29 heavy (non-hydrogen) atoms. The van der Waals surface area contributed by atoms with Crippen molar-refractivity contribution in [2.24, 2.45) is 11.8 Å². The molecule has 0 bridgehead atoms. The highest BCUT2D eigenvalue weighted by Crippen LogP contribution is 2.49. The van der Waals surface area contributed by atoms with Crippen molar-refractivity contribution in [3.63, 3.8) is 0 Å². The third kappa shape index (κ3) is 2.90. The minimum absolute atomic E-state index is 0.0703. The Hall–Kier alpha value is -2.25. The minimum atomic E-state index is -0.763. The van der Waals surface area contributed by atoms with Crippen LogP contribution in [0.1, 0.15) is 31.4 Å². The topological polar surface area (TPSA) is 59.5 Å². The number of aromatic nitrogens is 1. The Bertz CT molecular complexity index is 1020. The molecule has 3 heterocycles. The van der Waals surface area contributed by atoms with Gasteiger partial charge in [0.1, 0.15) is 11.9 Å². The number of fused-ring (bicyclic) bond motifs is 1. The number of halogens is 2. The number of carbonyl (C=O) groups is 2. The second-order valence-electron chi connectivity index (χ2n) is 7.78. The fourth-order valence-corrected chi connectivity index (χ4v) is 5.50. The van der Waals surface area contributed by atoms with E-state index in [-0.39, 0.29) is 34.5 Å². The first kappa shape index (κ1) is 18.8. The van der Waals surface area contributed by atoms with Crippen molar-refractivity contribution in [3.05, 3.63) is 58.6 Å². The molecule has 8 heteroatoms. The van der Waals surface area contributed by atoms with Crippen molar-refractivity contribution >= 4 is 39.8 Å². The van der Waals surface area contributed by atoms with E-state index in [9.17, 15) is 14.0 Å². The van der Waals surface area contributed by atoms with Crippen LogP contribution in [-0.2, 0) is 14.3 Å². The SMILES string of the molecule is CC1CC2OC3=C(C(=O)C2CC1Cl)C(c1cccc(F)c1)N(c1nccs1)C3=O. The molecule has 0 spiro atoms. The average Bonchev–Trinajstić information content (AvgIpc) is 3.30. The summed E-state index contributed by atoms with van der Waals surface area (Å²) in [4.78, 5) is 32.6. The fourth-order valence-electron chi connectivity index (χ4n) is 4.54. The predicted molar refractivity (Wildman–Crippen MR) is 107 cm³/mol. The van der Waals surface area contributed by atoms with E-state index < -0.39 is 23.7 Å². The number of carbonyl (C=O) groups excluding carboxylic acids is 2. The maximum atomic E-state index is 14.0. The number of benzene rings is 1. The van der Waals surface area contributed by atoms with Crippen LogP contribution in [0.25, 0.3) is 0 Å². The summed E-state index contributed by atoms with van der Waals surface area (Å²) in [5, 5.41) is 2.08. The van der Waals surface area contributed by atoms with Crippen molar-refractivity contribution in [2.45, 2.75) is 37.3 Å². The third-order valence-corrected chi connectivity index (χ3v) is 7.38. The monoisotopic (exact) mass is 432 g/mol. The van der Waals surface area contributed by atoms with Gasteiger partial charge in [0.15, 0.2) is 16.7 Å². The lowest BCUT2D eigenvalue weighted by molar-refractivity contribution is -0.132. The van der Waals surface area contributed by atoms with Gasteiger partial charge in [0.25, 0.3) is 5.91 Å². The lowest BCUT2D eigenvalue weighted by Gasteiger charge is -2.39. The number of thiazole rings is 1. The Kier molecular flexibility index (Phi) is 4.47. The summed E-state index contributed by atoms with van der Waals surface area (Å²) < 4.78 is 20.1. The first-order valence-corrected chi connectivity index (χ1v) is 10.8. The molecule has 5 rings (SSSR count). The summed E-state index contributed by atoms with van der Waals surface area (Å²) in [6.45, 7) is 2.03. The number of amides is 1. The van der Waals surface area contributed by atoms with E-state index in [0.717, 1.165) is 0 Å². The molecule has 1 aromatic carbocycles. The minimum Gasteiger partial charge on any atom is -0.483 e. The van der Waals surface area contributed by atoms with Gasteiger partial charge in [-0.3, -0.25) is 14.5 Å². The highest BCUT2D eigenvalue weighted by molar-refractivity contribution is 7.13. The van der Waals surface area contributed by atoms with E-state index in [2.05, 4.69) is 4.98 Å². The molecule has 2 aromatic rings. The summed E-state index contributed by atoms with van der Waals surface area (Å²) in [7, 11) is 0. The van der Waals surface area contributed by atoms with Gasteiger partial charge in [-0.1, -0.05) is 19.1 Å². The Labute approximate surface area is 176 Å². The summed E-state index contributed by atoms with van der Waals surface area (Å²) in [6.07, 6.45) is 2.36. The molecular formula is C21H18ClFN2O3S. The van der Waals surface area contributed by atoms with Gasteiger partial charge >= 0.3 is 0 Å². The molecule has 0 saturated heterocycles. The number of alkyl halides is 1. The van der Waals surface area contributed by atoms with E-state index in [4.69, 9.17) is 16.3 Å². The molecule has 5 atom stereocenters. The van der Waals surface area contributed by atoms with Crippen LogP contribution in [0.3, 0.4) is 0 Å². The molecule has 1 saturated carbocycles. The lowest BCUT2D eigenvalue weighted by atomic mass is 9.74. The van der Waals surface area contributed by atoms with Crippen LogP contribution >= 0.6 is 22.9 Å². The molecule has 2 aliphatic heterocycles. The first-order valence-electron chi connectivity index (χ1n) is 9.53. The highest BCUT2D eigenvalue weighted by Gasteiger charge is 2.54. The molecule has 0 radical (unpaired) electrons. The first-order chi connectivity index (χ1) is 14.0. The molecule has 1 aliphatic carbocycles. The van der Waals surface area contributed by atoms with Crippen molar-refractivity contribution < 1.29 is 18.7 Å². The molecular weight excluding hydrogens is 415 g/mol. The van der Waals surface area contributed by atoms with Gasteiger partial charge in [-0.05, 0) is 36.5 Å². The van der Waals surface area contributed by atoms with E-state index in [0.29, 0.717) is 23.5 Å². The average molecular weight is 433 g/mol. The smallest absolute Gasteiger partial charge is 0.296 e. The van der Waals surface area contributed by atoms with Crippen LogP contribution in [-0.4, -0.2) is 28.2 Å². The van der Waals surface area contributed by atoms with Gasteiger partial charge in [0.2, 0.25) is 0 Å². The number of Topliss-reactive ketones (excluding diaryl/α,β-unsaturated/α-hetero) is 1. The number of nitrogens with zero attached hydrogens (tertiary/aromatic N) is 2. The van der Waals surface area contributed by atoms with Gasteiger partial charge in [-0.25, -0.2) is 9.37 Å². The van der Waals surface area contributed by atoms with Crippen LogP contribution in [0.4, 0.5) is 9.52 Å². The number of rotatable bonds is 2. The molecule has 3 aliphatic rings. The van der Waals surface area contributed by atoms with E-state index in [1.165, 1.54) is 28.4 Å². The molecule has 5 unspecified atom stereocenters. The molecule has 1 fully saturated rings. The molecule has 5 nitrogen and oxygen atoms in total. The van der Waals surface area contributed by atoms with Crippen molar-refractivity contribution in [1.82, 2.24) is 4.98 Å². The Balaban J connectivity index is 1.64. The Morgan fingerprint density at radius 2 is 2.14 bits per heavy atom. The van der Waals surface area contributed by atoms with Crippen molar-refractivity contribution in [2.75, 3.05) is 4.90 Å².